The Morgan fingerprint density at radius 3 is 3.06 bits per heavy atom. The van der Waals surface area contributed by atoms with Gasteiger partial charge in [0.05, 0.1) is 6.61 Å². The van der Waals surface area contributed by atoms with Crippen molar-refractivity contribution in [1.82, 2.24) is 0 Å². The first-order chi connectivity index (χ1) is 8.26. The Labute approximate surface area is 102 Å². The Balaban J connectivity index is 1.54. The Bertz CT molecular complexity index is 366. The first-order valence-corrected chi connectivity index (χ1v) is 7.10. The molecule has 3 aliphatic carbocycles. The van der Waals surface area contributed by atoms with Gasteiger partial charge in [0.25, 0.3) is 0 Å². The van der Waals surface area contributed by atoms with Crippen molar-refractivity contribution in [3.8, 4) is 0 Å². The topological polar surface area (TPSA) is 38.8 Å². The van der Waals surface area contributed by atoms with Crippen molar-refractivity contribution in [3.63, 3.8) is 0 Å². The Kier molecular flexibility index (Phi) is 1.98. The van der Waals surface area contributed by atoms with Gasteiger partial charge < -0.3 is 9.47 Å². The number of ether oxygens (including phenoxy) is 2. The summed E-state index contributed by atoms with van der Waals surface area (Å²) in [6, 6.07) is 0. The van der Waals surface area contributed by atoms with Gasteiger partial charge >= 0.3 is 5.97 Å². The van der Waals surface area contributed by atoms with Gasteiger partial charge in [-0.3, -0.25) is 0 Å². The van der Waals surface area contributed by atoms with Crippen LogP contribution in [0.1, 0.15) is 39.0 Å². The van der Waals surface area contributed by atoms with E-state index in [1.54, 1.807) is 0 Å². The summed E-state index contributed by atoms with van der Waals surface area (Å²) in [7, 11) is 0. The first kappa shape index (κ1) is 10.4. The van der Waals surface area contributed by atoms with E-state index in [1.807, 2.05) is 6.92 Å². The van der Waals surface area contributed by atoms with E-state index < -0.39 is 0 Å². The van der Waals surface area contributed by atoms with Gasteiger partial charge in [-0.15, -0.1) is 0 Å². The van der Waals surface area contributed by atoms with Crippen LogP contribution in [0.25, 0.3) is 0 Å². The molecular formula is C14H20O3. The fraction of sp³-hybridized carbons (Fsp3) is 0.929. The Morgan fingerprint density at radius 2 is 2.24 bits per heavy atom. The van der Waals surface area contributed by atoms with Crippen molar-refractivity contribution in [2.24, 2.45) is 23.7 Å². The summed E-state index contributed by atoms with van der Waals surface area (Å²) in [6.07, 6.45) is 6.40. The third kappa shape index (κ3) is 1.19. The first-order valence-electron chi connectivity index (χ1n) is 7.10. The zero-order chi connectivity index (χ0) is 11.6. The van der Waals surface area contributed by atoms with Crippen molar-refractivity contribution in [2.75, 3.05) is 6.61 Å². The molecule has 0 unspecified atom stereocenters. The van der Waals surface area contributed by atoms with Gasteiger partial charge in [0.1, 0.15) is 5.60 Å². The minimum absolute atomic E-state index is 0.0809. The Hall–Kier alpha value is -0.570. The molecule has 0 amide bonds. The minimum Gasteiger partial charge on any atom is -0.464 e. The average molecular weight is 236 g/mol. The van der Waals surface area contributed by atoms with E-state index in [2.05, 4.69) is 0 Å². The lowest BCUT2D eigenvalue weighted by atomic mass is 9.74. The molecule has 94 valence electrons. The smallest absolute Gasteiger partial charge is 0.338 e. The second-order valence-corrected chi connectivity index (χ2v) is 6.27. The lowest BCUT2D eigenvalue weighted by Crippen LogP contribution is -2.35. The van der Waals surface area contributed by atoms with Crippen LogP contribution < -0.4 is 0 Å². The van der Waals surface area contributed by atoms with Crippen molar-refractivity contribution in [3.05, 3.63) is 0 Å². The number of epoxide rings is 1. The number of rotatable bonds is 2. The van der Waals surface area contributed by atoms with Crippen LogP contribution in [0.2, 0.25) is 0 Å². The van der Waals surface area contributed by atoms with Crippen molar-refractivity contribution in [2.45, 2.75) is 50.7 Å². The van der Waals surface area contributed by atoms with E-state index in [4.69, 9.17) is 9.47 Å². The second-order valence-electron chi connectivity index (χ2n) is 6.27. The van der Waals surface area contributed by atoms with E-state index in [0.717, 1.165) is 24.2 Å². The van der Waals surface area contributed by atoms with E-state index in [9.17, 15) is 4.79 Å². The maximum atomic E-state index is 11.8. The molecule has 3 nitrogen and oxygen atoms in total. The summed E-state index contributed by atoms with van der Waals surface area (Å²) in [5.41, 5.74) is -0.0809. The van der Waals surface area contributed by atoms with Crippen LogP contribution in [-0.2, 0) is 14.3 Å². The van der Waals surface area contributed by atoms with Crippen LogP contribution in [0.4, 0.5) is 0 Å². The summed E-state index contributed by atoms with van der Waals surface area (Å²) in [5, 5.41) is 0. The quantitative estimate of drug-likeness (QED) is 0.544. The Morgan fingerprint density at radius 1 is 1.41 bits per heavy atom. The number of carbonyl (C=O) groups excluding carboxylic acids is 1. The highest BCUT2D eigenvalue weighted by Crippen LogP contribution is 2.69. The summed E-state index contributed by atoms with van der Waals surface area (Å²) in [6.45, 7) is 2.33. The van der Waals surface area contributed by atoms with E-state index in [1.165, 1.54) is 25.7 Å². The van der Waals surface area contributed by atoms with Gasteiger partial charge in [0.2, 0.25) is 0 Å². The summed E-state index contributed by atoms with van der Waals surface area (Å²) in [4.78, 5) is 11.8. The SMILES string of the molecule is CCOC(=O)[C@@H]1O[C@]12C[C@H]1C[C@H]2[C@H]2CCC[C@@H]12. The predicted octanol–water partition coefficient (Wildman–Crippen LogP) is 2.14. The molecule has 0 aromatic rings. The lowest BCUT2D eigenvalue weighted by Gasteiger charge is -2.29. The van der Waals surface area contributed by atoms with Crippen LogP contribution in [-0.4, -0.2) is 24.3 Å². The van der Waals surface area contributed by atoms with Crippen molar-refractivity contribution in [1.29, 1.82) is 0 Å². The van der Waals surface area contributed by atoms with Gasteiger partial charge in [-0.05, 0) is 56.3 Å². The number of esters is 1. The lowest BCUT2D eigenvalue weighted by molar-refractivity contribution is -0.144. The molecular weight excluding hydrogens is 216 g/mol. The zero-order valence-electron chi connectivity index (χ0n) is 10.4. The molecule has 4 rings (SSSR count). The van der Waals surface area contributed by atoms with E-state index >= 15 is 0 Å². The number of carbonyl (C=O) groups is 1. The highest BCUT2D eigenvalue weighted by Gasteiger charge is 2.74. The summed E-state index contributed by atoms with van der Waals surface area (Å²) < 4.78 is 11.0. The van der Waals surface area contributed by atoms with E-state index in [-0.39, 0.29) is 17.7 Å². The second kappa shape index (κ2) is 3.25. The fourth-order valence-corrected chi connectivity index (χ4v) is 5.22. The molecule has 1 aliphatic heterocycles. The highest BCUT2D eigenvalue weighted by molar-refractivity contribution is 5.79. The maximum Gasteiger partial charge on any atom is 0.338 e. The van der Waals surface area contributed by atoms with Crippen LogP contribution in [0.3, 0.4) is 0 Å². The van der Waals surface area contributed by atoms with Gasteiger partial charge in [-0.2, -0.15) is 0 Å². The molecule has 0 radical (unpaired) electrons. The largest absolute Gasteiger partial charge is 0.464 e. The summed E-state index contributed by atoms with van der Waals surface area (Å²) >= 11 is 0. The molecule has 4 aliphatic rings. The zero-order valence-corrected chi connectivity index (χ0v) is 10.4. The fourth-order valence-electron chi connectivity index (χ4n) is 5.22. The van der Waals surface area contributed by atoms with Gasteiger partial charge in [-0.1, -0.05) is 6.42 Å². The van der Waals surface area contributed by atoms with Gasteiger partial charge in [-0.25, -0.2) is 4.79 Å². The van der Waals surface area contributed by atoms with Crippen LogP contribution in [0.15, 0.2) is 0 Å². The monoisotopic (exact) mass is 236 g/mol. The molecule has 4 fully saturated rings. The average Bonchev–Trinajstić information content (AvgIpc) is 2.69. The molecule has 1 saturated heterocycles. The number of fused-ring (bicyclic) bond motifs is 6. The molecule has 6 atom stereocenters. The van der Waals surface area contributed by atoms with Gasteiger partial charge in [0.15, 0.2) is 6.10 Å². The molecule has 0 aromatic heterocycles. The molecule has 1 spiro atoms. The van der Waals surface area contributed by atoms with Crippen molar-refractivity contribution >= 4 is 5.97 Å². The van der Waals surface area contributed by atoms with E-state index in [0.29, 0.717) is 12.5 Å². The third-order valence-corrected chi connectivity index (χ3v) is 5.74. The maximum absolute atomic E-state index is 11.8. The molecule has 17 heavy (non-hydrogen) atoms. The molecule has 0 aromatic carbocycles. The molecule has 3 saturated carbocycles. The molecule has 2 bridgehead atoms. The number of hydrogen-bond donors (Lipinski definition) is 0. The standard InChI is InChI=1S/C14H20O3/c1-2-16-13(15)12-14(17-12)7-8-6-11(14)10-5-3-4-9(8)10/h8-12H,2-7H2,1H3/t8-,9+,10+,11+,12+,14+/m1/s1. The molecule has 1 heterocycles. The van der Waals surface area contributed by atoms with Crippen LogP contribution in [0.5, 0.6) is 0 Å². The van der Waals surface area contributed by atoms with Gasteiger partial charge in [0, 0.05) is 0 Å². The van der Waals surface area contributed by atoms with Crippen LogP contribution >= 0.6 is 0 Å². The van der Waals surface area contributed by atoms with Crippen molar-refractivity contribution < 1.29 is 14.3 Å². The molecule has 0 N–H and O–H groups in total. The highest BCUT2D eigenvalue weighted by atomic mass is 16.7. The predicted molar refractivity (Wildman–Crippen MR) is 61.3 cm³/mol. The van der Waals surface area contributed by atoms with Crippen LogP contribution in [0, 0.1) is 23.7 Å². The summed E-state index contributed by atoms with van der Waals surface area (Å²) in [5.74, 6) is 3.20. The third-order valence-electron chi connectivity index (χ3n) is 5.74. The normalized spacial score (nSPS) is 54.1. The minimum atomic E-state index is -0.223. The number of hydrogen-bond acceptors (Lipinski definition) is 3. The molecule has 3 heteroatoms.